The van der Waals surface area contributed by atoms with Gasteiger partial charge in [-0.1, -0.05) is 24.3 Å². The summed E-state index contributed by atoms with van der Waals surface area (Å²) in [7, 11) is 3.50. The van der Waals surface area contributed by atoms with E-state index >= 15 is 0 Å². The van der Waals surface area contributed by atoms with Gasteiger partial charge in [0.25, 0.3) is 0 Å². The van der Waals surface area contributed by atoms with Gasteiger partial charge >= 0.3 is 0 Å². The lowest BCUT2D eigenvalue weighted by atomic mass is 10.1. The van der Waals surface area contributed by atoms with E-state index in [9.17, 15) is 4.79 Å². The summed E-state index contributed by atoms with van der Waals surface area (Å²) in [6, 6.07) is 8.43. The highest BCUT2D eigenvalue weighted by atomic mass is 16.5. The molecule has 1 aromatic rings. The van der Waals surface area contributed by atoms with Crippen LogP contribution in [-0.4, -0.2) is 87.9 Å². The van der Waals surface area contributed by atoms with Crippen molar-refractivity contribution in [2.75, 3.05) is 60.1 Å². The summed E-state index contributed by atoms with van der Waals surface area (Å²) < 4.78 is 11.2. The van der Waals surface area contributed by atoms with Crippen LogP contribution >= 0.6 is 0 Å². The predicted octanol–water partition coefficient (Wildman–Crippen LogP) is 0.821. The summed E-state index contributed by atoms with van der Waals surface area (Å²) in [5.74, 6) is 0.649. The van der Waals surface area contributed by atoms with Crippen LogP contribution in [0.25, 0.3) is 0 Å². The Morgan fingerprint density at radius 1 is 1.17 bits per heavy atom. The number of likely N-dealkylation sites (N-methyl/N-ethyl adjacent to an activating group) is 1. The zero-order valence-electron chi connectivity index (χ0n) is 18.2. The number of morpholine rings is 1. The van der Waals surface area contributed by atoms with Crippen molar-refractivity contribution < 1.29 is 14.3 Å². The van der Waals surface area contributed by atoms with Gasteiger partial charge < -0.3 is 25.0 Å². The zero-order chi connectivity index (χ0) is 21.2. The van der Waals surface area contributed by atoms with Crippen molar-refractivity contribution >= 4 is 11.9 Å². The van der Waals surface area contributed by atoms with E-state index in [1.165, 1.54) is 11.1 Å². The number of carbonyl (C=O) groups is 1. The third-order valence-corrected chi connectivity index (χ3v) is 5.45. The van der Waals surface area contributed by atoms with E-state index in [1.54, 1.807) is 19.0 Å². The van der Waals surface area contributed by atoms with Gasteiger partial charge in [0.2, 0.25) is 5.91 Å². The van der Waals surface area contributed by atoms with Crippen LogP contribution < -0.4 is 10.6 Å². The molecule has 0 aromatic heterocycles. The first kappa shape index (κ1) is 22.5. The third kappa shape index (κ3) is 7.27. The molecule has 8 nitrogen and oxygen atoms in total. The molecule has 1 atom stereocenters. The summed E-state index contributed by atoms with van der Waals surface area (Å²) in [5, 5.41) is 6.50. The van der Waals surface area contributed by atoms with E-state index in [2.05, 4.69) is 39.8 Å². The minimum Gasteiger partial charge on any atom is -0.379 e. The number of amides is 1. The first-order valence-corrected chi connectivity index (χ1v) is 10.8. The monoisotopic (exact) mass is 417 g/mol. The van der Waals surface area contributed by atoms with Crippen molar-refractivity contribution in [3.05, 3.63) is 35.4 Å². The number of benzene rings is 1. The lowest BCUT2D eigenvalue weighted by molar-refractivity contribution is -0.127. The lowest BCUT2D eigenvalue weighted by Gasteiger charge is -2.27. The van der Waals surface area contributed by atoms with E-state index < -0.39 is 0 Å². The Hall–Kier alpha value is -2.16. The van der Waals surface area contributed by atoms with Crippen LogP contribution in [0.4, 0.5) is 0 Å². The molecule has 2 aliphatic rings. The second-order valence-corrected chi connectivity index (χ2v) is 7.98. The molecule has 1 unspecified atom stereocenters. The largest absolute Gasteiger partial charge is 0.379 e. The van der Waals surface area contributed by atoms with E-state index in [-0.39, 0.29) is 18.6 Å². The average Bonchev–Trinajstić information content (AvgIpc) is 3.28. The molecular formula is C22H35N5O3. The van der Waals surface area contributed by atoms with Crippen molar-refractivity contribution in [1.29, 1.82) is 0 Å². The van der Waals surface area contributed by atoms with E-state index in [0.717, 1.165) is 52.3 Å². The number of guanidine groups is 1. The number of nitrogens with zero attached hydrogens (tertiary/aromatic N) is 3. The molecule has 2 heterocycles. The Kier molecular flexibility index (Phi) is 8.92. The number of ether oxygens (including phenoxy) is 2. The van der Waals surface area contributed by atoms with Gasteiger partial charge in [0.1, 0.15) is 0 Å². The number of nitrogens with one attached hydrogen (secondary N) is 2. The Morgan fingerprint density at radius 3 is 2.63 bits per heavy atom. The van der Waals surface area contributed by atoms with Crippen LogP contribution in [0.1, 0.15) is 24.0 Å². The minimum absolute atomic E-state index is 0.00864. The molecule has 0 bridgehead atoms. The normalized spacial score (nSPS) is 20.2. The van der Waals surface area contributed by atoms with Crippen LogP contribution in [0.3, 0.4) is 0 Å². The van der Waals surface area contributed by atoms with Gasteiger partial charge in [-0.25, -0.2) is 4.99 Å². The molecule has 1 aromatic carbocycles. The maximum absolute atomic E-state index is 12.0. The molecule has 166 valence electrons. The van der Waals surface area contributed by atoms with Crippen LogP contribution in [0.15, 0.2) is 29.3 Å². The molecular weight excluding hydrogens is 382 g/mol. The lowest BCUT2D eigenvalue weighted by Crippen LogP contribution is -2.45. The Labute approximate surface area is 179 Å². The smallest absolute Gasteiger partial charge is 0.241 e. The number of hydrogen-bond donors (Lipinski definition) is 2. The van der Waals surface area contributed by atoms with Crippen molar-refractivity contribution in [3.8, 4) is 0 Å². The van der Waals surface area contributed by atoms with Crippen LogP contribution in [-0.2, 0) is 27.4 Å². The van der Waals surface area contributed by atoms with Crippen LogP contribution in [0.5, 0.6) is 0 Å². The van der Waals surface area contributed by atoms with Crippen molar-refractivity contribution in [3.63, 3.8) is 0 Å². The summed E-state index contributed by atoms with van der Waals surface area (Å²) in [6.45, 7) is 6.68. The third-order valence-electron chi connectivity index (χ3n) is 5.45. The Balaban J connectivity index is 1.63. The van der Waals surface area contributed by atoms with Gasteiger partial charge in [0.05, 0.1) is 32.4 Å². The predicted molar refractivity (Wildman–Crippen MR) is 117 cm³/mol. The number of hydrogen-bond acceptors (Lipinski definition) is 5. The SMILES string of the molecule is CN(C)C(=O)CNC(=NCc1ccccc1CN1CCOCC1)NCC1CCCO1. The molecule has 2 N–H and O–H groups in total. The summed E-state index contributed by atoms with van der Waals surface area (Å²) in [4.78, 5) is 20.7. The second-order valence-electron chi connectivity index (χ2n) is 7.98. The molecule has 0 aliphatic carbocycles. The fourth-order valence-electron chi connectivity index (χ4n) is 3.54. The van der Waals surface area contributed by atoms with Gasteiger partial charge in [-0.2, -0.15) is 0 Å². The highest BCUT2D eigenvalue weighted by Crippen LogP contribution is 2.14. The second kappa shape index (κ2) is 11.9. The van der Waals surface area contributed by atoms with Crippen LogP contribution in [0, 0.1) is 0 Å². The molecule has 30 heavy (non-hydrogen) atoms. The first-order valence-electron chi connectivity index (χ1n) is 10.8. The van der Waals surface area contributed by atoms with E-state index in [1.807, 2.05) is 0 Å². The van der Waals surface area contributed by atoms with E-state index in [0.29, 0.717) is 19.0 Å². The minimum atomic E-state index is 0.00864. The van der Waals surface area contributed by atoms with Crippen molar-refractivity contribution in [2.24, 2.45) is 4.99 Å². The van der Waals surface area contributed by atoms with Gasteiger partial charge in [-0.15, -0.1) is 0 Å². The molecule has 0 spiro atoms. The zero-order valence-corrected chi connectivity index (χ0v) is 18.2. The molecule has 3 rings (SSSR count). The maximum Gasteiger partial charge on any atom is 0.241 e. The average molecular weight is 418 g/mol. The Morgan fingerprint density at radius 2 is 1.93 bits per heavy atom. The fraction of sp³-hybridized carbons (Fsp3) is 0.636. The van der Waals surface area contributed by atoms with Gasteiger partial charge in [-0.3, -0.25) is 9.69 Å². The highest BCUT2D eigenvalue weighted by Gasteiger charge is 2.16. The number of aliphatic imine (C=N–C) groups is 1. The highest BCUT2D eigenvalue weighted by molar-refractivity contribution is 5.86. The molecule has 8 heteroatoms. The summed E-state index contributed by atoms with van der Waals surface area (Å²) >= 11 is 0. The number of rotatable bonds is 8. The fourth-order valence-corrected chi connectivity index (χ4v) is 3.54. The quantitative estimate of drug-likeness (QED) is 0.482. The molecule has 1 amide bonds. The molecule has 0 saturated carbocycles. The van der Waals surface area contributed by atoms with Gasteiger partial charge in [-0.05, 0) is 24.0 Å². The molecule has 2 fully saturated rings. The topological polar surface area (TPSA) is 78.4 Å². The summed E-state index contributed by atoms with van der Waals surface area (Å²) in [6.07, 6.45) is 2.36. The van der Waals surface area contributed by atoms with Gasteiger partial charge in [0.15, 0.2) is 5.96 Å². The van der Waals surface area contributed by atoms with Crippen molar-refractivity contribution in [2.45, 2.75) is 32.0 Å². The maximum atomic E-state index is 12.0. The van der Waals surface area contributed by atoms with Crippen LogP contribution in [0.2, 0.25) is 0 Å². The summed E-state index contributed by atoms with van der Waals surface area (Å²) in [5.41, 5.74) is 2.48. The molecule has 2 saturated heterocycles. The molecule has 2 aliphatic heterocycles. The first-order chi connectivity index (χ1) is 14.6. The number of carbonyl (C=O) groups excluding carboxylic acids is 1. The Bertz CT molecular complexity index is 698. The van der Waals surface area contributed by atoms with E-state index in [4.69, 9.17) is 14.5 Å². The van der Waals surface area contributed by atoms with Crippen molar-refractivity contribution in [1.82, 2.24) is 20.4 Å². The molecule has 0 radical (unpaired) electrons. The van der Waals surface area contributed by atoms with Gasteiger partial charge in [0, 0.05) is 46.9 Å². The standard InChI is InChI=1S/C22H35N5O3/c1-26(2)21(28)16-25-22(24-15-20-8-5-11-30-20)23-14-18-6-3-4-7-19(18)17-27-9-12-29-13-10-27/h3-4,6-7,20H,5,8-17H2,1-2H3,(H2,23,24,25).